The molecule has 2 aliphatic rings. The van der Waals surface area contributed by atoms with Crippen LogP contribution >= 0.6 is 0 Å². The van der Waals surface area contributed by atoms with E-state index >= 15 is 0 Å². The minimum Gasteiger partial charge on any atom is -0.388 e. The van der Waals surface area contributed by atoms with Crippen molar-refractivity contribution < 1.29 is 28.5 Å². The first kappa shape index (κ1) is 19.2. The minimum atomic E-state index is -1.19. The maximum absolute atomic E-state index is 13.7. The van der Waals surface area contributed by atoms with Crippen LogP contribution in [0.3, 0.4) is 0 Å². The van der Waals surface area contributed by atoms with E-state index in [1.807, 2.05) is 0 Å². The fourth-order valence-electron chi connectivity index (χ4n) is 3.87. The highest BCUT2D eigenvalue weighted by atomic mass is 19.1. The topological polar surface area (TPSA) is 70.0 Å². The third-order valence-corrected chi connectivity index (χ3v) is 5.60. The molecule has 7 heteroatoms. The average Bonchev–Trinajstić information content (AvgIpc) is 2.58. The summed E-state index contributed by atoms with van der Waals surface area (Å²) in [5, 5.41) is 20.1. The van der Waals surface area contributed by atoms with Gasteiger partial charge in [0.15, 0.2) is 0 Å². The van der Waals surface area contributed by atoms with E-state index in [4.69, 9.17) is 4.74 Å². The van der Waals surface area contributed by atoms with Gasteiger partial charge in [-0.2, -0.15) is 0 Å². The van der Waals surface area contributed by atoms with Crippen molar-refractivity contribution in [1.82, 2.24) is 4.90 Å². The normalized spacial score (nSPS) is 28.3. The Morgan fingerprint density at radius 2 is 2.04 bits per heavy atom. The van der Waals surface area contributed by atoms with Crippen molar-refractivity contribution in [1.29, 1.82) is 0 Å². The lowest BCUT2D eigenvalue weighted by molar-refractivity contribution is -0.222. The number of aryl methyl sites for hydroxylation is 1. The molecule has 1 aromatic carbocycles. The Labute approximate surface area is 151 Å². The van der Waals surface area contributed by atoms with Crippen molar-refractivity contribution >= 4 is 5.91 Å². The van der Waals surface area contributed by atoms with Gasteiger partial charge in [-0.3, -0.25) is 4.79 Å². The van der Waals surface area contributed by atoms with Gasteiger partial charge in [0.25, 0.3) is 0 Å². The van der Waals surface area contributed by atoms with Gasteiger partial charge in [0.1, 0.15) is 17.7 Å². The van der Waals surface area contributed by atoms with E-state index in [1.54, 1.807) is 11.8 Å². The molecular formula is C19H25F2NO4. The number of hydrogen-bond acceptors (Lipinski definition) is 4. The zero-order valence-electron chi connectivity index (χ0n) is 14.9. The lowest BCUT2D eigenvalue weighted by atomic mass is 9.76. The highest BCUT2D eigenvalue weighted by Gasteiger charge is 2.48. The van der Waals surface area contributed by atoms with Crippen LogP contribution in [0.4, 0.5) is 8.78 Å². The number of benzene rings is 1. The van der Waals surface area contributed by atoms with E-state index in [9.17, 15) is 23.8 Å². The molecule has 2 aliphatic heterocycles. The molecule has 3 rings (SSSR count). The molecule has 26 heavy (non-hydrogen) atoms. The van der Waals surface area contributed by atoms with E-state index in [1.165, 1.54) is 12.1 Å². The van der Waals surface area contributed by atoms with Crippen molar-refractivity contribution in [2.75, 3.05) is 19.7 Å². The Morgan fingerprint density at radius 3 is 2.65 bits per heavy atom. The summed E-state index contributed by atoms with van der Waals surface area (Å²) >= 11 is 0. The number of piperidine rings is 1. The van der Waals surface area contributed by atoms with Gasteiger partial charge in [0, 0.05) is 32.0 Å². The number of carbonyl (C=O) groups excluding carboxylic acids is 1. The Balaban J connectivity index is 1.52. The summed E-state index contributed by atoms with van der Waals surface area (Å²) in [6, 6.07) is 3.38. The van der Waals surface area contributed by atoms with Crippen LogP contribution in [0.15, 0.2) is 18.2 Å². The molecule has 1 spiro atoms. The molecule has 1 amide bonds. The van der Waals surface area contributed by atoms with E-state index in [0.717, 1.165) is 6.07 Å². The molecule has 2 saturated heterocycles. The molecule has 0 bridgehead atoms. The second-order valence-electron chi connectivity index (χ2n) is 7.66. The third-order valence-electron chi connectivity index (χ3n) is 5.60. The van der Waals surface area contributed by atoms with Crippen LogP contribution in [0.5, 0.6) is 0 Å². The number of ether oxygens (including phenoxy) is 1. The summed E-state index contributed by atoms with van der Waals surface area (Å²) in [7, 11) is 0. The molecule has 0 aromatic heterocycles. The largest absolute Gasteiger partial charge is 0.388 e. The van der Waals surface area contributed by atoms with Crippen molar-refractivity contribution in [3.63, 3.8) is 0 Å². The van der Waals surface area contributed by atoms with Crippen molar-refractivity contribution in [2.24, 2.45) is 0 Å². The van der Waals surface area contributed by atoms with Gasteiger partial charge in [-0.1, -0.05) is 6.07 Å². The Hall–Kier alpha value is -1.57. The monoisotopic (exact) mass is 369 g/mol. The van der Waals surface area contributed by atoms with Crippen LogP contribution < -0.4 is 0 Å². The first-order chi connectivity index (χ1) is 12.2. The zero-order valence-corrected chi connectivity index (χ0v) is 14.9. The summed E-state index contributed by atoms with van der Waals surface area (Å²) in [4.78, 5) is 14.1. The molecule has 1 aromatic rings. The number of carbonyl (C=O) groups is 1. The molecule has 2 N–H and O–H groups in total. The Morgan fingerprint density at radius 1 is 1.35 bits per heavy atom. The number of halogens is 2. The summed E-state index contributed by atoms with van der Waals surface area (Å²) in [6.45, 7) is 2.69. The number of aliphatic hydroxyl groups is 2. The van der Waals surface area contributed by atoms with Gasteiger partial charge >= 0.3 is 0 Å². The Kier molecular flexibility index (Phi) is 5.33. The second kappa shape index (κ2) is 7.21. The predicted molar refractivity (Wildman–Crippen MR) is 90.4 cm³/mol. The lowest BCUT2D eigenvalue weighted by Crippen LogP contribution is -2.59. The number of hydrogen-bond donors (Lipinski definition) is 2. The van der Waals surface area contributed by atoms with Crippen molar-refractivity contribution in [2.45, 2.75) is 56.3 Å². The van der Waals surface area contributed by atoms with Crippen LogP contribution in [0, 0.1) is 11.6 Å². The summed E-state index contributed by atoms with van der Waals surface area (Å²) in [5.74, 6) is -1.34. The first-order valence-electron chi connectivity index (χ1n) is 8.97. The smallest absolute Gasteiger partial charge is 0.222 e. The second-order valence-corrected chi connectivity index (χ2v) is 7.66. The maximum atomic E-state index is 13.7. The SMILES string of the molecule is C[C@]1(O)CC2(CCN(C(=O)CCc3ccc(F)cc3F)CC2)OCC1O. The van der Waals surface area contributed by atoms with Crippen molar-refractivity contribution in [3.8, 4) is 0 Å². The van der Waals surface area contributed by atoms with E-state index in [-0.39, 0.29) is 25.4 Å². The summed E-state index contributed by atoms with van der Waals surface area (Å²) in [5.41, 5.74) is -1.37. The standard InChI is InChI=1S/C19H25F2NO4/c1-18(25)12-19(26-11-16(18)23)6-8-22(9-7-19)17(24)5-3-13-2-4-14(20)10-15(13)21/h2,4,10,16,23,25H,3,5-9,11-12H2,1H3/t16?,18-/m0/s1. The quantitative estimate of drug-likeness (QED) is 0.852. The molecule has 2 fully saturated rings. The van der Waals surface area contributed by atoms with Crippen LogP contribution in [0.1, 0.15) is 38.2 Å². The van der Waals surface area contributed by atoms with Crippen LogP contribution in [0.25, 0.3) is 0 Å². The molecule has 2 atom stereocenters. The molecule has 5 nitrogen and oxygen atoms in total. The average molecular weight is 369 g/mol. The minimum absolute atomic E-state index is 0.0776. The molecule has 2 heterocycles. The molecule has 144 valence electrons. The van der Waals surface area contributed by atoms with Crippen molar-refractivity contribution in [3.05, 3.63) is 35.4 Å². The molecular weight excluding hydrogens is 344 g/mol. The number of amides is 1. The van der Waals surface area contributed by atoms with Gasteiger partial charge < -0.3 is 19.8 Å². The number of rotatable bonds is 3. The van der Waals surface area contributed by atoms with Gasteiger partial charge in [0.05, 0.1) is 17.8 Å². The maximum Gasteiger partial charge on any atom is 0.222 e. The Bertz CT molecular complexity index is 672. The number of nitrogens with zero attached hydrogens (tertiary/aromatic N) is 1. The number of aliphatic hydroxyl groups excluding tert-OH is 1. The molecule has 1 unspecified atom stereocenters. The van der Waals surface area contributed by atoms with Gasteiger partial charge in [-0.05, 0) is 37.8 Å². The number of likely N-dealkylation sites (tertiary alicyclic amines) is 1. The molecule has 0 saturated carbocycles. The van der Waals surface area contributed by atoms with E-state index in [2.05, 4.69) is 0 Å². The van der Waals surface area contributed by atoms with Crippen LogP contribution in [-0.2, 0) is 16.0 Å². The van der Waals surface area contributed by atoms with Gasteiger partial charge in [-0.25, -0.2) is 8.78 Å². The van der Waals surface area contributed by atoms with E-state index < -0.39 is 28.9 Å². The highest BCUT2D eigenvalue weighted by Crippen LogP contribution is 2.39. The predicted octanol–water partition coefficient (Wildman–Crippen LogP) is 1.79. The zero-order chi connectivity index (χ0) is 18.9. The fraction of sp³-hybridized carbons (Fsp3) is 0.632. The van der Waals surface area contributed by atoms with E-state index in [0.29, 0.717) is 37.9 Å². The first-order valence-corrected chi connectivity index (χ1v) is 8.97. The molecule has 0 aliphatic carbocycles. The molecule has 0 radical (unpaired) electrons. The lowest BCUT2D eigenvalue weighted by Gasteiger charge is -2.49. The third kappa shape index (κ3) is 4.05. The summed E-state index contributed by atoms with van der Waals surface area (Å²) in [6.07, 6.45) is 0.998. The summed E-state index contributed by atoms with van der Waals surface area (Å²) < 4.78 is 32.4. The highest BCUT2D eigenvalue weighted by molar-refractivity contribution is 5.76. The fourth-order valence-corrected chi connectivity index (χ4v) is 3.87. The van der Waals surface area contributed by atoms with Crippen LogP contribution in [0.2, 0.25) is 0 Å². The van der Waals surface area contributed by atoms with Crippen LogP contribution in [-0.4, -0.2) is 58.0 Å². The van der Waals surface area contributed by atoms with Gasteiger partial charge in [0.2, 0.25) is 5.91 Å². The van der Waals surface area contributed by atoms with Gasteiger partial charge in [-0.15, -0.1) is 0 Å².